The molecule has 0 radical (unpaired) electrons. The molecule has 2 aliphatic rings. The first-order valence-corrected chi connectivity index (χ1v) is 9.37. The molecule has 1 unspecified atom stereocenters. The third-order valence-corrected chi connectivity index (χ3v) is 5.12. The highest BCUT2D eigenvalue weighted by molar-refractivity contribution is 5.96. The lowest BCUT2D eigenvalue weighted by Crippen LogP contribution is -2.55. The molecule has 0 saturated carbocycles. The summed E-state index contributed by atoms with van der Waals surface area (Å²) in [7, 11) is 2.17. The largest absolute Gasteiger partial charge is 0.489 e. The number of carbonyl (C=O) groups excluding carboxylic acids is 1. The fourth-order valence-electron chi connectivity index (χ4n) is 3.70. The van der Waals surface area contributed by atoms with Crippen LogP contribution in [0.2, 0.25) is 0 Å². The minimum Gasteiger partial charge on any atom is -0.489 e. The van der Waals surface area contributed by atoms with E-state index < -0.39 is 0 Å². The van der Waals surface area contributed by atoms with E-state index in [0.717, 1.165) is 45.7 Å². The lowest BCUT2D eigenvalue weighted by Gasteiger charge is -2.42. The lowest BCUT2D eigenvalue weighted by molar-refractivity contribution is 0.0454. The number of pyridine rings is 1. The number of likely N-dealkylation sites (N-methyl/N-ethyl adjacent to an activating group) is 1. The number of hydrogen-bond acceptors (Lipinski definition) is 5. The third kappa shape index (κ3) is 4.50. The molecular formula is C19H30N4O2. The molecule has 138 valence electrons. The van der Waals surface area contributed by atoms with E-state index in [1.165, 1.54) is 6.42 Å². The van der Waals surface area contributed by atoms with Gasteiger partial charge in [-0.2, -0.15) is 0 Å². The molecule has 2 aliphatic heterocycles. The van der Waals surface area contributed by atoms with Crippen LogP contribution in [0.15, 0.2) is 18.5 Å². The van der Waals surface area contributed by atoms with Crippen molar-refractivity contribution in [2.24, 2.45) is 0 Å². The highest BCUT2D eigenvalue weighted by atomic mass is 16.5. The van der Waals surface area contributed by atoms with Gasteiger partial charge in [-0.3, -0.25) is 14.7 Å². The van der Waals surface area contributed by atoms with Gasteiger partial charge in [-0.15, -0.1) is 0 Å². The molecule has 0 aromatic carbocycles. The summed E-state index contributed by atoms with van der Waals surface area (Å²) in [6.45, 7) is 9.98. The molecular weight excluding hydrogens is 316 g/mol. The topological polar surface area (TPSA) is 48.9 Å². The van der Waals surface area contributed by atoms with Gasteiger partial charge >= 0.3 is 0 Å². The second-order valence-electron chi connectivity index (χ2n) is 7.42. The highest BCUT2D eigenvalue weighted by Gasteiger charge is 2.30. The van der Waals surface area contributed by atoms with Gasteiger partial charge in [-0.05, 0) is 39.8 Å². The van der Waals surface area contributed by atoms with Crippen LogP contribution in [-0.2, 0) is 0 Å². The second kappa shape index (κ2) is 8.15. The van der Waals surface area contributed by atoms with E-state index in [1.54, 1.807) is 18.5 Å². The number of piperidine rings is 1. The fourth-order valence-corrected chi connectivity index (χ4v) is 3.70. The van der Waals surface area contributed by atoms with E-state index in [1.807, 2.05) is 18.7 Å². The van der Waals surface area contributed by atoms with Crippen molar-refractivity contribution >= 4 is 5.91 Å². The molecule has 2 fully saturated rings. The third-order valence-electron chi connectivity index (χ3n) is 5.12. The summed E-state index contributed by atoms with van der Waals surface area (Å²) in [5.74, 6) is 0.654. The standard InChI is InChI=1S/C19H30N4O2/c1-15(2)25-18-13-20-7-6-17(18)19(24)23-8-4-5-16(14-23)22-11-9-21(3)10-12-22/h6-7,13,15-16H,4-5,8-12,14H2,1-3H3. The number of rotatable bonds is 4. The highest BCUT2D eigenvalue weighted by Crippen LogP contribution is 2.24. The molecule has 0 aliphatic carbocycles. The van der Waals surface area contributed by atoms with Gasteiger partial charge in [0.15, 0.2) is 5.75 Å². The van der Waals surface area contributed by atoms with E-state index in [9.17, 15) is 4.79 Å². The van der Waals surface area contributed by atoms with Crippen LogP contribution >= 0.6 is 0 Å². The number of carbonyl (C=O) groups is 1. The number of hydrogen-bond donors (Lipinski definition) is 0. The van der Waals surface area contributed by atoms with Gasteiger partial charge in [-0.1, -0.05) is 0 Å². The summed E-state index contributed by atoms with van der Waals surface area (Å²) in [6.07, 6.45) is 5.58. The molecule has 0 spiro atoms. The molecule has 2 saturated heterocycles. The Morgan fingerprint density at radius 2 is 2.00 bits per heavy atom. The van der Waals surface area contributed by atoms with Crippen LogP contribution in [0.3, 0.4) is 0 Å². The van der Waals surface area contributed by atoms with Crippen molar-refractivity contribution in [1.82, 2.24) is 19.7 Å². The summed E-state index contributed by atoms with van der Waals surface area (Å²) >= 11 is 0. The summed E-state index contributed by atoms with van der Waals surface area (Å²) in [6, 6.07) is 2.25. The first-order valence-electron chi connectivity index (χ1n) is 9.37. The predicted octanol–water partition coefficient (Wildman–Crippen LogP) is 1.72. The van der Waals surface area contributed by atoms with Crippen LogP contribution in [0.1, 0.15) is 37.0 Å². The number of aromatic nitrogens is 1. The van der Waals surface area contributed by atoms with Crippen LogP contribution in [0.25, 0.3) is 0 Å². The number of ether oxygens (including phenoxy) is 1. The first kappa shape index (κ1) is 18.1. The maximum Gasteiger partial charge on any atom is 0.257 e. The van der Waals surface area contributed by atoms with Gasteiger partial charge in [0.25, 0.3) is 5.91 Å². The van der Waals surface area contributed by atoms with E-state index in [0.29, 0.717) is 17.4 Å². The van der Waals surface area contributed by atoms with Crippen LogP contribution < -0.4 is 4.74 Å². The van der Waals surface area contributed by atoms with Gasteiger partial charge < -0.3 is 14.5 Å². The molecule has 1 amide bonds. The SMILES string of the molecule is CC(C)Oc1cnccc1C(=O)N1CCCC(N2CCN(C)CC2)C1. The van der Waals surface area contributed by atoms with E-state index in [4.69, 9.17) is 4.74 Å². The normalized spacial score (nSPS) is 23.0. The van der Waals surface area contributed by atoms with Gasteiger partial charge in [0, 0.05) is 51.5 Å². The van der Waals surface area contributed by atoms with Crippen LogP contribution in [-0.4, -0.2) is 84.1 Å². The maximum atomic E-state index is 13.1. The molecule has 1 aromatic heterocycles. The van der Waals surface area contributed by atoms with Crippen molar-refractivity contribution in [3.05, 3.63) is 24.0 Å². The zero-order valence-electron chi connectivity index (χ0n) is 15.6. The Kier molecular flexibility index (Phi) is 5.91. The molecule has 6 nitrogen and oxygen atoms in total. The van der Waals surface area contributed by atoms with Crippen LogP contribution in [0.5, 0.6) is 5.75 Å². The second-order valence-corrected chi connectivity index (χ2v) is 7.42. The quantitative estimate of drug-likeness (QED) is 0.831. The van der Waals surface area contributed by atoms with E-state index >= 15 is 0 Å². The Bertz CT molecular complexity index is 585. The molecule has 0 N–H and O–H groups in total. The van der Waals surface area contributed by atoms with Crippen LogP contribution in [0, 0.1) is 0 Å². The van der Waals surface area contributed by atoms with Gasteiger partial charge in [-0.25, -0.2) is 0 Å². The minimum absolute atomic E-state index is 0.0233. The molecule has 6 heteroatoms. The van der Waals surface area contributed by atoms with Crippen molar-refractivity contribution in [2.75, 3.05) is 46.3 Å². The average molecular weight is 346 g/mol. The molecule has 3 heterocycles. The molecule has 3 rings (SSSR count). The minimum atomic E-state index is 0.0233. The Morgan fingerprint density at radius 1 is 1.24 bits per heavy atom. The van der Waals surface area contributed by atoms with Crippen LogP contribution in [0.4, 0.5) is 0 Å². The maximum absolute atomic E-state index is 13.1. The van der Waals surface area contributed by atoms with Gasteiger partial charge in [0.2, 0.25) is 0 Å². The van der Waals surface area contributed by atoms with Crippen molar-refractivity contribution in [1.29, 1.82) is 0 Å². The van der Waals surface area contributed by atoms with Crippen molar-refractivity contribution in [3.63, 3.8) is 0 Å². The fraction of sp³-hybridized carbons (Fsp3) is 0.684. The number of piperazine rings is 1. The lowest BCUT2D eigenvalue weighted by atomic mass is 10.0. The first-order chi connectivity index (χ1) is 12.0. The zero-order chi connectivity index (χ0) is 17.8. The van der Waals surface area contributed by atoms with Crippen molar-refractivity contribution in [2.45, 2.75) is 38.8 Å². The summed E-state index contributed by atoms with van der Waals surface area (Å²) in [5.41, 5.74) is 0.628. The van der Waals surface area contributed by atoms with E-state index in [2.05, 4.69) is 21.8 Å². The Hall–Kier alpha value is -1.66. The van der Waals surface area contributed by atoms with Crippen molar-refractivity contribution < 1.29 is 9.53 Å². The molecule has 0 bridgehead atoms. The molecule has 1 aromatic rings. The summed E-state index contributed by atoms with van der Waals surface area (Å²) in [4.78, 5) is 24.1. The zero-order valence-corrected chi connectivity index (χ0v) is 15.6. The molecule has 25 heavy (non-hydrogen) atoms. The number of amides is 1. The predicted molar refractivity (Wildman–Crippen MR) is 98.0 cm³/mol. The van der Waals surface area contributed by atoms with Gasteiger partial charge in [0.1, 0.15) is 0 Å². The Morgan fingerprint density at radius 3 is 2.72 bits per heavy atom. The average Bonchev–Trinajstić information content (AvgIpc) is 2.62. The smallest absolute Gasteiger partial charge is 0.257 e. The Balaban J connectivity index is 1.68. The number of likely N-dealkylation sites (tertiary alicyclic amines) is 1. The van der Waals surface area contributed by atoms with E-state index in [-0.39, 0.29) is 12.0 Å². The van der Waals surface area contributed by atoms with Crippen molar-refractivity contribution in [3.8, 4) is 5.75 Å². The van der Waals surface area contributed by atoms with Gasteiger partial charge in [0.05, 0.1) is 17.9 Å². The number of nitrogens with zero attached hydrogens (tertiary/aromatic N) is 4. The monoisotopic (exact) mass is 346 g/mol. The Labute approximate surface area is 150 Å². The summed E-state index contributed by atoms with van der Waals surface area (Å²) in [5, 5.41) is 0. The molecule has 1 atom stereocenters. The summed E-state index contributed by atoms with van der Waals surface area (Å²) < 4.78 is 5.79.